The summed E-state index contributed by atoms with van der Waals surface area (Å²) in [6.07, 6.45) is 0. The Kier molecular flexibility index (Phi) is 5.79. The highest BCUT2D eigenvalue weighted by Crippen LogP contribution is 2.36. The maximum Gasteiger partial charge on any atom is 0.123 e. The van der Waals surface area contributed by atoms with Crippen molar-refractivity contribution in [3.8, 4) is 11.5 Å². The summed E-state index contributed by atoms with van der Waals surface area (Å²) in [4.78, 5) is 2.50. The first-order chi connectivity index (χ1) is 10.1. The molecule has 2 N–H and O–H groups in total. The molecule has 2 rings (SSSR count). The first-order valence-electron chi connectivity index (χ1n) is 7.41. The van der Waals surface area contributed by atoms with Crippen molar-refractivity contribution in [2.75, 3.05) is 33.1 Å². The highest BCUT2D eigenvalue weighted by Gasteiger charge is 2.32. The van der Waals surface area contributed by atoms with Gasteiger partial charge in [-0.1, -0.05) is 6.92 Å². The predicted octanol–water partition coefficient (Wildman–Crippen LogP) is 2.53. The summed E-state index contributed by atoms with van der Waals surface area (Å²) < 4.78 is 10.9. The van der Waals surface area contributed by atoms with Crippen molar-refractivity contribution in [3.63, 3.8) is 0 Å². The minimum absolute atomic E-state index is 0.161. The van der Waals surface area contributed by atoms with Gasteiger partial charge in [-0.15, -0.1) is 0 Å². The number of nitrogens with zero attached hydrogens (tertiary/aromatic N) is 1. The van der Waals surface area contributed by atoms with Crippen LogP contribution in [-0.2, 0) is 0 Å². The maximum absolute atomic E-state index is 6.11. The third kappa shape index (κ3) is 3.47. The lowest BCUT2D eigenvalue weighted by atomic mass is 10.0. The van der Waals surface area contributed by atoms with Crippen molar-refractivity contribution in [3.05, 3.63) is 23.8 Å². The van der Waals surface area contributed by atoms with E-state index in [4.69, 9.17) is 15.2 Å². The quantitative estimate of drug-likeness (QED) is 0.905. The molecule has 1 aromatic rings. The minimum atomic E-state index is 0.161. The zero-order chi connectivity index (χ0) is 15.4. The van der Waals surface area contributed by atoms with Gasteiger partial charge in [0.1, 0.15) is 11.5 Å². The molecule has 1 aromatic carbocycles. The standard InChI is InChI=1S/C16H26N2O2S/c1-11-12(2)21-8-7-18(11)15(10-17)14-9-13(19-3)5-6-16(14)20-4/h5-6,9,11-12,15H,7-8,10,17H2,1-4H3. The molecule has 3 atom stereocenters. The molecule has 0 spiro atoms. The highest BCUT2D eigenvalue weighted by atomic mass is 32.2. The van der Waals surface area contributed by atoms with Crippen molar-refractivity contribution < 1.29 is 9.47 Å². The van der Waals surface area contributed by atoms with Crippen molar-refractivity contribution in [2.45, 2.75) is 31.2 Å². The number of hydrogen-bond donors (Lipinski definition) is 1. The van der Waals surface area contributed by atoms with E-state index < -0.39 is 0 Å². The zero-order valence-corrected chi connectivity index (χ0v) is 14.2. The van der Waals surface area contributed by atoms with Crippen LogP contribution in [-0.4, -0.2) is 49.3 Å². The van der Waals surface area contributed by atoms with Crippen LogP contribution in [0, 0.1) is 0 Å². The molecular weight excluding hydrogens is 284 g/mol. The van der Waals surface area contributed by atoms with Gasteiger partial charge in [-0.05, 0) is 25.1 Å². The Hall–Kier alpha value is -0.910. The summed E-state index contributed by atoms with van der Waals surface area (Å²) in [6.45, 7) is 6.20. The number of rotatable bonds is 5. The lowest BCUT2D eigenvalue weighted by Crippen LogP contribution is -2.48. The molecule has 5 heteroatoms. The van der Waals surface area contributed by atoms with E-state index in [0.717, 1.165) is 29.4 Å². The van der Waals surface area contributed by atoms with E-state index in [-0.39, 0.29) is 6.04 Å². The number of benzene rings is 1. The molecule has 1 saturated heterocycles. The van der Waals surface area contributed by atoms with Gasteiger partial charge in [0.25, 0.3) is 0 Å². The van der Waals surface area contributed by atoms with Gasteiger partial charge in [-0.3, -0.25) is 4.90 Å². The van der Waals surface area contributed by atoms with Gasteiger partial charge in [0, 0.05) is 35.7 Å². The van der Waals surface area contributed by atoms with Crippen LogP contribution in [0.1, 0.15) is 25.5 Å². The normalized spacial score (nSPS) is 24.6. The predicted molar refractivity (Wildman–Crippen MR) is 89.4 cm³/mol. The van der Waals surface area contributed by atoms with E-state index in [1.54, 1.807) is 14.2 Å². The topological polar surface area (TPSA) is 47.7 Å². The Morgan fingerprint density at radius 2 is 2.10 bits per heavy atom. The van der Waals surface area contributed by atoms with E-state index in [0.29, 0.717) is 17.8 Å². The second-order valence-corrected chi connectivity index (χ2v) is 6.90. The van der Waals surface area contributed by atoms with E-state index in [1.165, 1.54) is 0 Å². The summed E-state index contributed by atoms with van der Waals surface area (Å²) >= 11 is 2.03. The minimum Gasteiger partial charge on any atom is -0.497 e. The molecule has 0 bridgehead atoms. The molecule has 0 radical (unpaired) electrons. The molecule has 1 aliphatic rings. The molecule has 0 amide bonds. The van der Waals surface area contributed by atoms with Crippen LogP contribution in [0.4, 0.5) is 0 Å². The lowest BCUT2D eigenvalue weighted by Gasteiger charge is -2.42. The van der Waals surface area contributed by atoms with Crippen LogP contribution >= 0.6 is 11.8 Å². The molecule has 4 nitrogen and oxygen atoms in total. The Bertz CT molecular complexity index is 470. The fourth-order valence-corrected chi connectivity index (χ4v) is 4.06. The number of methoxy groups -OCH3 is 2. The molecule has 0 aromatic heterocycles. The van der Waals surface area contributed by atoms with Crippen molar-refractivity contribution in [1.29, 1.82) is 0 Å². The lowest BCUT2D eigenvalue weighted by molar-refractivity contribution is 0.148. The first-order valence-corrected chi connectivity index (χ1v) is 8.46. The Morgan fingerprint density at radius 1 is 1.33 bits per heavy atom. The fourth-order valence-electron chi connectivity index (χ4n) is 2.94. The number of hydrogen-bond acceptors (Lipinski definition) is 5. The largest absolute Gasteiger partial charge is 0.497 e. The molecule has 1 aliphatic heterocycles. The van der Waals surface area contributed by atoms with E-state index in [2.05, 4.69) is 24.8 Å². The number of thioether (sulfide) groups is 1. The van der Waals surface area contributed by atoms with Crippen LogP contribution in [0.15, 0.2) is 18.2 Å². The highest BCUT2D eigenvalue weighted by molar-refractivity contribution is 8.00. The van der Waals surface area contributed by atoms with Crippen molar-refractivity contribution in [2.24, 2.45) is 5.73 Å². The van der Waals surface area contributed by atoms with Crippen LogP contribution in [0.25, 0.3) is 0 Å². The fraction of sp³-hybridized carbons (Fsp3) is 0.625. The SMILES string of the molecule is COc1ccc(OC)c(C(CN)N2CCSC(C)C2C)c1. The summed E-state index contributed by atoms with van der Waals surface area (Å²) in [7, 11) is 3.39. The van der Waals surface area contributed by atoms with Crippen molar-refractivity contribution >= 4 is 11.8 Å². The molecule has 0 aliphatic carbocycles. The second kappa shape index (κ2) is 7.38. The third-order valence-corrected chi connectivity index (χ3v) is 5.69. The number of ether oxygens (including phenoxy) is 2. The monoisotopic (exact) mass is 310 g/mol. The van der Waals surface area contributed by atoms with Gasteiger partial charge in [0.05, 0.1) is 20.3 Å². The van der Waals surface area contributed by atoms with E-state index in [9.17, 15) is 0 Å². The molecule has 21 heavy (non-hydrogen) atoms. The molecule has 1 fully saturated rings. The van der Waals surface area contributed by atoms with Crippen molar-refractivity contribution in [1.82, 2.24) is 4.90 Å². The summed E-state index contributed by atoms with van der Waals surface area (Å²) in [5.74, 6) is 2.87. The smallest absolute Gasteiger partial charge is 0.123 e. The Balaban J connectivity index is 2.35. The van der Waals surface area contributed by atoms with Gasteiger partial charge in [-0.25, -0.2) is 0 Å². The number of nitrogens with two attached hydrogens (primary N) is 1. The Labute approximate surface area is 132 Å². The third-order valence-electron chi connectivity index (χ3n) is 4.35. The summed E-state index contributed by atoms with van der Waals surface area (Å²) in [5, 5.41) is 0.615. The first kappa shape index (κ1) is 16.5. The van der Waals surface area contributed by atoms with Gasteiger partial charge >= 0.3 is 0 Å². The average Bonchev–Trinajstić information content (AvgIpc) is 2.52. The molecule has 0 saturated carbocycles. The van der Waals surface area contributed by atoms with E-state index in [1.807, 2.05) is 23.9 Å². The van der Waals surface area contributed by atoms with Gasteiger partial charge in [0.2, 0.25) is 0 Å². The summed E-state index contributed by atoms with van der Waals surface area (Å²) in [6, 6.07) is 6.59. The van der Waals surface area contributed by atoms with Gasteiger partial charge < -0.3 is 15.2 Å². The van der Waals surface area contributed by atoms with Crippen LogP contribution in [0.3, 0.4) is 0 Å². The van der Waals surface area contributed by atoms with Gasteiger partial charge in [-0.2, -0.15) is 11.8 Å². The van der Waals surface area contributed by atoms with Crippen LogP contribution < -0.4 is 15.2 Å². The molecule has 118 valence electrons. The zero-order valence-electron chi connectivity index (χ0n) is 13.3. The maximum atomic E-state index is 6.11. The molecule has 3 unspecified atom stereocenters. The Morgan fingerprint density at radius 3 is 2.71 bits per heavy atom. The molecule has 1 heterocycles. The molecular formula is C16H26N2O2S. The second-order valence-electron chi connectivity index (χ2n) is 5.41. The average molecular weight is 310 g/mol. The van der Waals surface area contributed by atoms with E-state index >= 15 is 0 Å². The van der Waals surface area contributed by atoms with Crippen LogP contribution in [0.5, 0.6) is 11.5 Å². The van der Waals surface area contributed by atoms with Crippen LogP contribution in [0.2, 0.25) is 0 Å². The summed E-state index contributed by atoms with van der Waals surface area (Å²) in [5.41, 5.74) is 7.23. The van der Waals surface area contributed by atoms with Gasteiger partial charge in [0.15, 0.2) is 0 Å².